The van der Waals surface area contributed by atoms with Crippen molar-refractivity contribution in [1.82, 2.24) is 5.32 Å². The van der Waals surface area contributed by atoms with Crippen LogP contribution >= 0.6 is 23.8 Å². The normalized spacial score (nSPS) is 15.2. The highest BCUT2D eigenvalue weighted by Crippen LogP contribution is 2.31. The van der Waals surface area contributed by atoms with Crippen molar-refractivity contribution in [2.45, 2.75) is 6.92 Å². The molecule has 0 atom stereocenters. The van der Waals surface area contributed by atoms with Crippen LogP contribution in [0, 0.1) is 17.0 Å². The van der Waals surface area contributed by atoms with Crippen molar-refractivity contribution in [3.05, 3.63) is 86.6 Å². The summed E-state index contributed by atoms with van der Waals surface area (Å²) in [5.74, 6) is -0.749. The van der Waals surface area contributed by atoms with Crippen molar-refractivity contribution in [2.75, 3.05) is 4.90 Å². The molecule has 10 heteroatoms. The first-order valence-corrected chi connectivity index (χ1v) is 10.1. The Morgan fingerprint density at radius 1 is 1.16 bits per heavy atom. The summed E-state index contributed by atoms with van der Waals surface area (Å²) >= 11 is 11.4. The first-order valence-electron chi connectivity index (χ1n) is 9.27. The molecule has 3 aromatic rings. The topological polar surface area (TPSA) is 106 Å². The minimum Gasteiger partial charge on any atom is -0.457 e. The standard InChI is InChI=1S/C22H14ClN3O5S/c1-12-6-7-13(26(29)30)10-15(12)19-9-8-14(31-19)11-16-20(27)24-22(32)25(21(16)28)18-5-3-2-4-17(18)23/h2-11H,1H3,(H,24,27,32)/b16-11+. The predicted octanol–water partition coefficient (Wildman–Crippen LogP) is 4.65. The van der Waals surface area contributed by atoms with Gasteiger partial charge in [-0.3, -0.25) is 29.9 Å². The van der Waals surface area contributed by atoms with Crippen LogP contribution in [0.15, 0.2) is 64.6 Å². The molecule has 0 bridgehead atoms. The van der Waals surface area contributed by atoms with Gasteiger partial charge in [0.1, 0.15) is 17.1 Å². The number of rotatable bonds is 4. The largest absolute Gasteiger partial charge is 0.457 e. The maximum absolute atomic E-state index is 13.1. The molecule has 2 amide bonds. The molecular weight excluding hydrogens is 454 g/mol. The van der Waals surface area contributed by atoms with E-state index in [0.29, 0.717) is 22.0 Å². The second-order valence-electron chi connectivity index (χ2n) is 6.87. The molecule has 1 N–H and O–H groups in total. The molecule has 0 aliphatic carbocycles. The van der Waals surface area contributed by atoms with Gasteiger partial charge in [-0.05, 0) is 55.0 Å². The van der Waals surface area contributed by atoms with Gasteiger partial charge in [0.25, 0.3) is 17.5 Å². The molecular formula is C22H14ClN3O5S. The van der Waals surface area contributed by atoms with Crippen LogP contribution in [0.4, 0.5) is 11.4 Å². The van der Waals surface area contributed by atoms with Crippen molar-refractivity contribution in [3.63, 3.8) is 0 Å². The maximum Gasteiger partial charge on any atom is 0.270 e. The molecule has 2 aromatic carbocycles. The number of para-hydroxylation sites is 1. The molecule has 1 fully saturated rings. The number of carbonyl (C=O) groups excluding carboxylic acids is 2. The van der Waals surface area contributed by atoms with E-state index in [-0.39, 0.29) is 22.1 Å². The number of aryl methyl sites for hydroxylation is 1. The number of carbonyl (C=O) groups is 2. The predicted molar refractivity (Wildman–Crippen MR) is 123 cm³/mol. The van der Waals surface area contributed by atoms with Crippen molar-refractivity contribution in [2.24, 2.45) is 0 Å². The van der Waals surface area contributed by atoms with Crippen molar-refractivity contribution in [3.8, 4) is 11.3 Å². The number of non-ortho nitro benzene ring substituents is 1. The van der Waals surface area contributed by atoms with E-state index in [1.165, 1.54) is 18.2 Å². The van der Waals surface area contributed by atoms with Gasteiger partial charge in [-0.1, -0.05) is 29.8 Å². The monoisotopic (exact) mass is 467 g/mol. The molecule has 0 spiro atoms. The number of hydrogen-bond acceptors (Lipinski definition) is 6. The number of furan rings is 1. The number of nitro benzene ring substituents is 1. The van der Waals surface area contributed by atoms with Crippen LogP contribution in [-0.4, -0.2) is 21.9 Å². The Bertz CT molecular complexity index is 1330. The van der Waals surface area contributed by atoms with Gasteiger partial charge < -0.3 is 4.42 Å². The molecule has 0 radical (unpaired) electrons. The van der Waals surface area contributed by atoms with Gasteiger partial charge in [0.2, 0.25) is 0 Å². The third-order valence-corrected chi connectivity index (χ3v) is 5.41. The summed E-state index contributed by atoms with van der Waals surface area (Å²) in [5.41, 5.74) is 1.36. The number of thiocarbonyl (C=S) groups is 1. The Morgan fingerprint density at radius 2 is 1.91 bits per heavy atom. The Balaban J connectivity index is 1.71. The maximum atomic E-state index is 13.1. The number of amides is 2. The molecule has 0 unspecified atom stereocenters. The van der Waals surface area contributed by atoms with Crippen molar-refractivity contribution < 1.29 is 18.9 Å². The number of anilines is 1. The number of benzene rings is 2. The van der Waals surface area contributed by atoms with Crippen molar-refractivity contribution >= 4 is 58.2 Å². The quantitative estimate of drug-likeness (QED) is 0.197. The summed E-state index contributed by atoms with van der Waals surface area (Å²) < 4.78 is 5.77. The summed E-state index contributed by atoms with van der Waals surface area (Å²) in [6.45, 7) is 1.79. The van der Waals surface area contributed by atoms with E-state index >= 15 is 0 Å². The zero-order valence-corrected chi connectivity index (χ0v) is 18.1. The van der Waals surface area contributed by atoms with Crippen molar-refractivity contribution in [1.29, 1.82) is 0 Å². The van der Waals surface area contributed by atoms with Gasteiger partial charge in [0.05, 0.1) is 15.6 Å². The zero-order chi connectivity index (χ0) is 23.0. The van der Waals surface area contributed by atoms with Crippen LogP contribution in [0.2, 0.25) is 5.02 Å². The average molecular weight is 468 g/mol. The van der Waals surface area contributed by atoms with Gasteiger partial charge in [0, 0.05) is 17.7 Å². The van der Waals surface area contributed by atoms with Gasteiger partial charge in [-0.2, -0.15) is 0 Å². The number of halogens is 1. The van der Waals surface area contributed by atoms with Crippen LogP contribution in [0.3, 0.4) is 0 Å². The lowest BCUT2D eigenvalue weighted by molar-refractivity contribution is -0.384. The molecule has 1 saturated heterocycles. The number of nitrogens with one attached hydrogen (secondary N) is 1. The smallest absolute Gasteiger partial charge is 0.270 e. The number of hydrogen-bond donors (Lipinski definition) is 1. The second kappa shape index (κ2) is 8.37. The molecule has 4 rings (SSSR count). The average Bonchev–Trinajstić information content (AvgIpc) is 3.21. The van der Waals surface area contributed by atoms with E-state index in [4.69, 9.17) is 28.2 Å². The van der Waals surface area contributed by atoms with Gasteiger partial charge in [0.15, 0.2) is 5.11 Å². The number of nitro groups is 1. The molecule has 32 heavy (non-hydrogen) atoms. The van der Waals surface area contributed by atoms with Crippen LogP contribution in [0.5, 0.6) is 0 Å². The molecule has 1 aliphatic rings. The minimum absolute atomic E-state index is 0.0763. The second-order valence-corrected chi connectivity index (χ2v) is 7.66. The third-order valence-electron chi connectivity index (χ3n) is 4.81. The Labute approximate surface area is 192 Å². The highest BCUT2D eigenvalue weighted by molar-refractivity contribution is 7.80. The highest BCUT2D eigenvalue weighted by Gasteiger charge is 2.35. The molecule has 2 heterocycles. The highest BCUT2D eigenvalue weighted by atomic mass is 35.5. The lowest BCUT2D eigenvalue weighted by Gasteiger charge is -2.29. The third kappa shape index (κ3) is 3.91. The van der Waals surface area contributed by atoms with E-state index in [1.54, 1.807) is 49.4 Å². The van der Waals surface area contributed by atoms with Crippen LogP contribution in [-0.2, 0) is 9.59 Å². The zero-order valence-electron chi connectivity index (χ0n) is 16.5. The van der Waals surface area contributed by atoms with Gasteiger partial charge >= 0.3 is 0 Å². The van der Waals surface area contributed by atoms with Crippen LogP contribution in [0.25, 0.3) is 17.4 Å². The Kier molecular flexibility index (Phi) is 5.60. The summed E-state index contributed by atoms with van der Waals surface area (Å²) in [7, 11) is 0. The van der Waals surface area contributed by atoms with Crippen LogP contribution in [0.1, 0.15) is 11.3 Å². The summed E-state index contributed by atoms with van der Waals surface area (Å²) in [4.78, 5) is 37.3. The molecule has 1 aliphatic heterocycles. The first kappa shape index (κ1) is 21.4. The fourth-order valence-electron chi connectivity index (χ4n) is 3.22. The fourth-order valence-corrected chi connectivity index (χ4v) is 3.71. The van der Waals surface area contributed by atoms with E-state index in [2.05, 4.69) is 5.32 Å². The number of nitrogens with zero attached hydrogens (tertiary/aromatic N) is 2. The fraction of sp³-hybridized carbons (Fsp3) is 0.0455. The summed E-state index contributed by atoms with van der Waals surface area (Å²) in [5, 5.41) is 13.8. The molecule has 0 saturated carbocycles. The van der Waals surface area contributed by atoms with Gasteiger partial charge in [-0.25, -0.2) is 0 Å². The summed E-state index contributed by atoms with van der Waals surface area (Å²) in [6, 6.07) is 14.2. The minimum atomic E-state index is -0.673. The molecule has 160 valence electrons. The molecule has 8 nitrogen and oxygen atoms in total. The van der Waals surface area contributed by atoms with E-state index in [1.807, 2.05) is 0 Å². The van der Waals surface area contributed by atoms with E-state index in [9.17, 15) is 19.7 Å². The van der Waals surface area contributed by atoms with Crippen LogP contribution < -0.4 is 10.2 Å². The van der Waals surface area contributed by atoms with E-state index in [0.717, 1.165) is 10.5 Å². The Morgan fingerprint density at radius 3 is 2.62 bits per heavy atom. The van der Waals surface area contributed by atoms with Gasteiger partial charge in [-0.15, -0.1) is 0 Å². The SMILES string of the molecule is Cc1ccc([N+](=O)[O-])cc1-c1ccc(/C=C2\C(=O)NC(=S)N(c3ccccc3Cl)C2=O)o1. The lowest BCUT2D eigenvalue weighted by atomic mass is 10.1. The molecule has 1 aromatic heterocycles. The Hall–Kier alpha value is -3.82. The first-order chi connectivity index (χ1) is 15.3. The summed E-state index contributed by atoms with van der Waals surface area (Å²) in [6.07, 6.45) is 1.29. The lowest BCUT2D eigenvalue weighted by Crippen LogP contribution is -2.54. The van der Waals surface area contributed by atoms with E-state index < -0.39 is 16.7 Å².